The van der Waals surface area contributed by atoms with E-state index in [0.717, 1.165) is 41.2 Å². The molecule has 2 aromatic rings. The van der Waals surface area contributed by atoms with Crippen LogP contribution >= 0.6 is 23.2 Å². The summed E-state index contributed by atoms with van der Waals surface area (Å²) in [5, 5.41) is 3.67. The number of unbranched alkanes of at least 4 members (excludes halogenated alkanes) is 1. The van der Waals surface area contributed by atoms with Crippen LogP contribution in [0.4, 0.5) is 5.69 Å². The summed E-state index contributed by atoms with van der Waals surface area (Å²) in [7, 11) is -3.81. The Morgan fingerprint density at radius 1 is 0.955 bits per heavy atom. The van der Waals surface area contributed by atoms with Crippen molar-refractivity contribution in [3.05, 3.63) is 63.6 Å². The molecule has 0 saturated heterocycles. The predicted octanol–water partition coefficient (Wildman–Crippen LogP) is 6.95. The topological polar surface area (TPSA) is 86.8 Å². The second-order valence-corrected chi connectivity index (χ2v) is 16.1. The summed E-state index contributed by atoms with van der Waals surface area (Å²) in [5.41, 5.74) is 2.62. The molecule has 4 saturated carbocycles. The van der Waals surface area contributed by atoms with E-state index >= 15 is 0 Å². The zero-order chi connectivity index (χ0) is 31.6. The van der Waals surface area contributed by atoms with Gasteiger partial charge in [-0.25, -0.2) is 8.42 Å². The van der Waals surface area contributed by atoms with Crippen molar-refractivity contribution < 1.29 is 18.0 Å². The molecule has 7 nitrogen and oxygen atoms in total. The van der Waals surface area contributed by atoms with Crippen LogP contribution in [-0.2, 0) is 31.6 Å². The molecule has 0 heterocycles. The lowest BCUT2D eigenvalue weighted by Crippen LogP contribution is -2.52. The number of rotatable bonds is 13. The lowest BCUT2D eigenvalue weighted by Gasteiger charge is -2.57. The van der Waals surface area contributed by atoms with Gasteiger partial charge in [-0.15, -0.1) is 0 Å². The van der Waals surface area contributed by atoms with Gasteiger partial charge in [-0.1, -0.05) is 61.7 Å². The molecule has 0 spiro atoms. The number of hydrogen-bond donors (Lipinski definition) is 1. The molecule has 44 heavy (non-hydrogen) atoms. The van der Waals surface area contributed by atoms with Crippen LogP contribution in [0.5, 0.6) is 0 Å². The van der Waals surface area contributed by atoms with Crippen molar-refractivity contribution in [1.82, 2.24) is 10.2 Å². The Morgan fingerprint density at radius 2 is 1.57 bits per heavy atom. The van der Waals surface area contributed by atoms with Crippen molar-refractivity contribution in [2.45, 2.75) is 89.6 Å². The number of nitrogens with one attached hydrogen (secondary N) is 1. The van der Waals surface area contributed by atoms with Crippen LogP contribution in [0.15, 0.2) is 42.5 Å². The molecule has 4 aliphatic rings. The molecule has 1 unspecified atom stereocenters. The highest BCUT2D eigenvalue weighted by atomic mass is 35.5. The Labute approximate surface area is 272 Å². The normalized spacial score (nSPS) is 24.6. The van der Waals surface area contributed by atoms with E-state index in [2.05, 4.69) is 17.4 Å². The summed E-state index contributed by atoms with van der Waals surface area (Å²) < 4.78 is 27.4. The van der Waals surface area contributed by atoms with Crippen molar-refractivity contribution in [1.29, 1.82) is 0 Å². The third kappa shape index (κ3) is 7.23. The fourth-order valence-corrected chi connectivity index (χ4v) is 9.49. The molecule has 0 aliphatic heterocycles. The van der Waals surface area contributed by atoms with E-state index in [9.17, 15) is 18.0 Å². The molecule has 10 heteroatoms. The number of anilines is 1. The summed E-state index contributed by atoms with van der Waals surface area (Å²) in [6.45, 7) is 4.05. The Kier molecular flexibility index (Phi) is 10.2. The molecule has 6 rings (SSSR count). The number of benzene rings is 2. The number of nitrogens with zero attached hydrogens (tertiary/aromatic N) is 2. The van der Waals surface area contributed by atoms with Crippen LogP contribution in [0.2, 0.25) is 10.0 Å². The first-order valence-corrected chi connectivity index (χ1v) is 18.6. The van der Waals surface area contributed by atoms with Gasteiger partial charge >= 0.3 is 0 Å². The minimum Gasteiger partial charge on any atom is -0.354 e. The fourth-order valence-electron chi connectivity index (χ4n) is 8.32. The van der Waals surface area contributed by atoms with Gasteiger partial charge in [0.05, 0.1) is 22.0 Å². The second-order valence-electron chi connectivity index (χ2n) is 13.4. The summed E-state index contributed by atoms with van der Waals surface area (Å²) in [6, 6.07) is 12.1. The van der Waals surface area contributed by atoms with Gasteiger partial charge in [0.15, 0.2) is 0 Å². The summed E-state index contributed by atoms with van der Waals surface area (Å²) >= 11 is 12.4. The van der Waals surface area contributed by atoms with Crippen molar-refractivity contribution in [2.24, 2.45) is 17.8 Å². The van der Waals surface area contributed by atoms with Crippen molar-refractivity contribution in [3.63, 3.8) is 0 Å². The third-order valence-electron chi connectivity index (χ3n) is 10.0. The van der Waals surface area contributed by atoms with Crippen LogP contribution in [0.25, 0.3) is 0 Å². The molecule has 4 aliphatic carbocycles. The number of halogens is 2. The molecule has 4 fully saturated rings. The smallest absolute Gasteiger partial charge is 0.244 e. The Bertz CT molecular complexity index is 1430. The van der Waals surface area contributed by atoms with E-state index < -0.39 is 28.5 Å². The maximum absolute atomic E-state index is 14.0. The maximum atomic E-state index is 14.0. The van der Waals surface area contributed by atoms with E-state index in [-0.39, 0.29) is 17.9 Å². The highest BCUT2D eigenvalue weighted by Crippen LogP contribution is 2.60. The van der Waals surface area contributed by atoms with E-state index in [4.69, 9.17) is 23.2 Å². The quantitative estimate of drug-likeness (QED) is 0.235. The van der Waals surface area contributed by atoms with Gasteiger partial charge in [0, 0.05) is 13.1 Å². The SMILES string of the molecule is CCCCNC(=O)C(CC)N(Cc1ccc(Cl)c(Cl)c1)C(=O)CN(c1ccc(C23CC4CC(CC(C4)C2)C3)cc1)S(C)(=O)=O. The molecule has 4 bridgehead atoms. The zero-order valence-electron chi connectivity index (χ0n) is 26.0. The highest BCUT2D eigenvalue weighted by molar-refractivity contribution is 7.92. The maximum Gasteiger partial charge on any atom is 0.244 e. The number of carbonyl (C=O) groups excluding carboxylic acids is 2. The molecule has 2 aromatic carbocycles. The number of amides is 2. The first-order chi connectivity index (χ1) is 20.9. The van der Waals surface area contributed by atoms with E-state index in [1.165, 1.54) is 49.0 Å². The minimum atomic E-state index is -3.81. The van der Waals surface area contributed by atoms with Gasteiger partial charge in [0.1, 0.15) is 12.6 Å². The summed E-state index contributed by atoms with van der Waals surface area (Å²) in [4.78, 5) is 28.8. The Morgan fingerprint density at radius 3 is 2.09 bits per heavy atom. The Hall–Kier alpha value is -2.29. The van der Waals surface area contributed by atoms with Gasteiger partial charge in [-0.3, -0.25) is 13.9 Å². The third-order valence-corrected chi connectivity index (χ3v) is 11.9. The van der Waals surface area contributed by atoms with Gasteiger partial charge in [0.2, 0.25) is 21.8 Å². The average molecular weight is 663 g/mol. The molecular formula is C34H45Cl2N3O4S. The number of carbonyl (C=O) groups is 2. The minimum absolute atomic E-state index is 0.0813. The largest absolute Gasteiger partial charge is 0.354 e. The van der Waals surface area contributed by atoms with Gasteiger partial charge < -0.3 is 10.2 Å². The zero-order valence-corrected chi connectivity index (χ0v) is 28.4. The monoisotopic (exact) mass is 661 g/mol. The van der Waals surface area contributed by atoms with Crippen molar-refractivity contribution in [2.75, 3.05) is 23.7 Å². The number of hydrogen-bond acceptors (Lipinski definition) is 4. The lowest BCUT2D eigenvalue weighted by atomic mass is 9.48. The van der Waals surface area contributed by atoms with Crippen LogP contribution < -0.4 is 9.62 Å². The van der Waals surface area contributed by atoms with E-state index in [1.54, 1.807) is 18.2 Å². The molecule has 1 atom stereocenters. The molecule has 0 aromatic heterocycles. The molecule has 0 radical (unpaired) electrons. The van der Waals surface area contributed by atoms with Crippen molar-refractivity contribution >= 4 is 50.7 Å². The van der Waals surface area contributed by atoms with Gasteiger partial charge in [0.25, 0.3) is 0 Å². The molecular weight excluding hydrogens is 617 g/mol. The number of sulfonamides is 1. The standard InChI is InChI=1S/C34H45Cl2N3O4S/c1-4-6-13-37-33(41)31(5-2)38(21-23-7-12-29(35)30(36)17-23)32(40)22-39(44(3,42)43)28-10-8-27(9-11-28)34-18-24-14-25(19-34)16-26(15-24)20-34/h7-12,17,24-26,31H,4-6,13-16,18-22H2,1-3H3,(H,37,41). The molecule has 240 valence electrons. The van der Waals surface area contributed by atoms with Crippen molar-refractivity contribution in [3.8, 4) is 0 Å². The Balaban J connectivity index is 1.40. The van der Waals surface area contributed by atoms with Crippen LogP contribution in [0.3, 0.4) is 0 Å². The van der Waals surface area contributed by atoms with E-state index in [1.807, 2.05) is 26.0 Å². The van der Waals surface area contributed by atoms with E-state index in [0.29, 0.717) is 34.3 Å². The molecule has 2 amide bonds. The highest BCUT2D eigenvalue weighted by Gasteiger charge is 2.51. The van der Waals surface area contributed by atoms with Crippen LogP contribution in [0.1, 0.15) is 82.8 Å². The molecule has 1 N–H and O–H groups in total. The van der Waals surface area contributed by atoms with Gasteiger partial charge in [-0.05, 0) is 110 Å². The second kappa shape index (κ2) is 13.6. The fraction of sp³-hybridized carbons (Fsp3) is 0.588. The summed E-state index contributed by atoms with van der Waals surface area (Å²) in [5.74, 6) is 1.68. The van der Waals surface area contributed by atoms with Crippen LogP contribution in [-0.4, -0.2) is 50.5 Å². The predicted molar refractivity (Wildman–Crippen MR) is 177 cm³/mol. The van der Waals surface area contributed by atoms with Gasteiger partial charge in [-0.2, -0.15) is 0 Å². The average Bonchev–Trinajstić information content (AvgIpc) is 2.96. The summed E-state index contributed by atoms with van der Waals surface area (Å²) in [6.07, 6.45) is 11.0. The lowest BCUT2D eigenvalue weighted by molar-refractivity contribution is -0.140. The first kappa shape index (κ1) is 33.1. The van der Waals surface area contributed by atoms with Crippen LogP contribution in [0, 0.1) is 17.8 Å². The first-order valence-electron chi connectivity index (χ1n) is 16.0.